The molecule has 2 heteroatoms. The maximum absolute atomic E-state index is 3.94. The Morgan fingerprint density at radius 1 is 0.767 bits per heavy atom. The van der Waals surface area contributed by atoms with Crippen molar-refractivity contribution in [2.75, 3.05) is 10.6 Å². The minimum absolute atomic E-state index is 0.300. The minimum Gasteiger partial charge on any atom is -0.382 e. The molecule has 1 aliphatic heterocycles. The van der Waals surface area contributed by atoms with Crippen LogP contribution in [0.5, 0.6) is 0 Å². The molecule has 1 heterocycles. The summed E-state index contributed by atoms with van der Waals surface area (Å²) < 4.78 is 0. The molecule has 4 aromatic carbocycles. The van der Waals surface area contributed by atoms with Crippen LogP contribution in [0.2, 0.25) is 0 Å². The van der Waals surface area contributed by atoms with Gasteiger partial charge in [0.15, 0.2) is 0 Å². The summed E-state index contributed by atoms with van der Waals surface area (Å²) in [5, 5.41) is 13.0. The van der Waals surface area contributed by atoms with Crippen LogP contribution < -0.4 is 10.6 Å². The van der Waals surface area contributed by atoms with Gasteiger partial charge in [-0.05, 0) is 64.2 Å². The predicted molar refractivity (Wildman–Crippen MR) is 130 cm³/mol. The third-order valence-electron chi connectivity index (χ3n) is 6.68. The predicted octanol–water partition coefficient (Wildman–Crippen LogP) is 7.77. The third kappa shape index (κ3) is 3.41. The average molecular weight is 395 g/mol. The Labute approximate surface area is 179 Å². The van der Waals surface area contributed by atoms with E-state index in [4.69, 9.17) is 0 Å². The van der Waals surface area contributed by atoms with Crippen LogP contribution in [-0.2, 0) is 0 Å². The van der Waals surface area contributed by atoms with Crippen molar-refractivity contribution in [2.45, 2.75) is 45.2 Å². The first-order chi connectivity index (χ1) is 14.8. The lowest BCUT2D eigenvalue weighted by Crippen LogP contribution is -2.40. The fraction of sp³-hybridized carbons (Fsp3) is 0.286. The zero-order valence-electron chi connectivity index (χ0n) is 17.9. The zero-order chi connectivity index (χ0) is 20.5. The lowest BCUT2D eigenvalue weighted by atomic mass is 9.78. The highest BCUT2D eigenvalue weighted by Crippen LogP contribution is 2.43. The molecule has 4 aromatic rings. The van der Waals surface area contributed by atoms with E-state index in [0.29, 0.717) is 18.0 Å². The van der Waals surface area contributed by atoms with Gasteiger partial charge in [-0.25, -0.2) is 0 Å². The highest BCUT2D eigenvalue weighted by atomic mass is 15.0. The molecule has 0 saturated heterocycles. The first-order valence-corrected chi connectivity index (χ1v) is 11.3. The number of benzene rings is 4. The van der Waals surface area contributed by atoms with Crippen LogP contribution in [0.1, 0.15) is 44.7 Å². The molecule has 0 spiro atoms. The number of hydrogen-bond donors (Lipinski definition) is 2. The van der Waals surface area contributed by atoms with E-state index < -0.39 is 0 Å². The lowest BCUT2D eigenvalue weighted by molar-refractivity contribution is 0.349. The molecular formula is C28H30N2. The van der Waals surface area contributed by atoms with Gasteiger partial charge in [-0.1, -0.05) is 74.9 Å². The fourth-order valence-electron chi connectivity index (χ4n) is 5.17. The van der Waals surface area contributed by atoms with Crippen LogP contribution in [-0.4, -0.2) is 6.04 Å². The van der Waals surface area contributed by atoms with Crippen LogP contribution in [0.3, 0.4) is 0 Å². The van der Waals surface area contributed by atoms with Crippen molar-refractivity contribution < 1.29 is 0 Å². The Morgan fingerprint density at radius 3 is 2.13 bits per heavy atom. The molecule has 0 fully saturated rings. The van der Waals surface area contributed by atoms with Crippen molar-refractivity contribution in [1.29, 1.82) is 0 Å². The van der Waals surface area contributed by atoms with Gasteiger partial charge in [0.25, 0.3) is 0 Å². The largest absolute Gasteiger partial charge is 0.382 e. The van der Waals surface area contributed by atoms with Gasteiger partial charge in [-0.15, -0.1) is 0 Å². The summed E-state index contributed by atoms with van der Waals surface area (Å²) in [6.07, 6.45) is 3.54. The van der Waals surface area contributed by atoms with Gasteiger partial charge in [0.1, 0.15) is 0 Å². The second kappa shape index (κ2) is 8.02. The van der Waals surface area contributed by atoms with Gasteiger partial charge in [-0.2, -0.15) is 0 Å². The second-order valence-corrected chi connectivity index (χ2v) is 8.58. The molecule has 1 aliphatic rings. The quantitative estimate of drug-likeness (QED) is 0.361. The van der Waals surface area contributed by atoms with E-state index in [9.17, 15) is 0 Å². The average Bonchev–Trinajstić information content (AvgIpc) is 2.78. The maximum Gasteiger partial charge on any atom is 0.0582 e. The summed E-state index contributed by atoms with van der Waals surface area (Å²) in [5.41, 5.74) is 3.88. The molecular weight excluding hydrogens is 364 g/mol. The van der Waals surface area contributed by atoms with Gasteiger partial charge < -0.3 is 10.6 Å². The number of hydrogen-bond acceptors (Lipinski definition) is 2. The first-order valence-electron chi connectivity index (χ1n) is 11.3. The highest BCUT2D eigenvalue weighted by molar-refractivity contribution is 5.89. The fourth-order valence-corrected chi connectivity index (χ4v) is 5.17. The topological polar surface area (TPSA) is 24.1 Å². The smallest absolute Gasteiger partial charge is 0.0582 e. The minimum atomic E-state index is 0.300. The van der Waals surface area contributed by atoms with Crippen molar-refractivity contribution in [3.63, 3.8) is 0 Å². The molecule has 0 radical (unpaired) electrons. The molecule has 5 rings (SSSR count). The van der Waals surface area contributed by atoms with Crippen LogP contribution in [0.25, 0.3) is 21.5 Å². The van der Waals surface area contributed by atoms with Gasteiger partial charge in [0.2, 0.25) is 0 Å². The van der Waals surface area contributed by atoms with Gasteiger partial charge in [0.05, 0.1) is 6.04 Å². The van der Waals surface area contributed by atoms with E-state index in [1.54, 1.807) is 0 Å². The number of anilines is 2. The molecule has 3 atom stereocenters. The van der Waals surface area contributed by atoms with E-state index in [-0.39, 0.29) is 0 Å². The molecule has 2 N–H and O–H groups in total. The van der Waals surface area contributed by atoms with E-state index >= 15 is 0 Å². The molecule has 152 valence electrons. The van der Waals surface area contributed by atoms with Crippen LogP contribution in [0, 0.1) is 5.92 Å². The Hall–Kier alpha value is -3.00. The number of nitrogens with one attached hydrogen (secondary N) is 2. The molecule has 0 unspecified atom stereocenters. The molecule has 30 heavy (non-hydrogen) atoms. The second-order valence-electron chi connectivity index (χ2n) is 8.58. The van der Waals surface area contributed by atoms with Crippen LogP contribution in [0.4, 0.5) is 11.4 Å². The van der Waals surface area contributed by atoms with E-state index in [0.717, 1.165) is 6.42 Å². The normalized spacial score (nSPS) is 20.7. The number of fused-ring (bicyclic) bond motifs is 3. The summed E-state index contributed by atoms with van der Waals surface area (Å²) >= 11 is 0. The molecule has 0 bridgehead atoms. The monoisotopic (exact) mass is 394 g/mol. The molecule has 2 nitrogen and oxygen atoms in total. The zero-order valence-corrected chi connectivity index (χ0v) is 17.9. The van der Waals surface area contributed by atoms with E-state index in [1.165, 1.54) is 51.3 Å². The standard InChI is InChI=1S/C28H30N2/c1-3-9-26-24(4-2)28(29-23-15-14-19-10-5-6-11-20(19)16-23)25-17-21-12-7-8-13-22(21)18-27(25)30-26/h5-8,10-18,24,26,28-30H,3-4,9H2,1-2H3/t24-,26+,28-/m0/s1. The van der Waals surface area contributed by atoms with Gasteiger partial charge >= 0.3 is 0 Å². The van der Waals surface area contributed by atoms with Crippen molar-refractivity contribution in [3.05, 3.63) is 84.4 Å². The SMILES string of the molecule is CCC[C@H]1Nc2cc3ccccc3cc2[C@@H](Nc2ccc3ccccc3c2)[C@H]1CC. The first kappa shape index (κ1) is 19.0. The van der Waals surface area contributed by atoms with Crippen molar-refractivity contribution >= 4 is 32.9 Å². The highest BCUT2D eigenvalue weighted by Gasteiger charge is 2.35. The van der Waals surface area contributed by atoms with Crippen molar-refractivity contribution in [1.82, 2.24) is 0 Å². The molecule has 0 aromatic heterocycles. The van der Waals surface area contributed by atoms with E-state index in [2.05, 4.69) is 103 Å². The molecule has 0 aliphatic carbocycles. The Balaban J connectivity index is 1.60. The van der Waals surface area contributed by atoms with Crippen molar-refractivity contribution in [2.24, 2.45) is 5.92 Å². The Bertz CT molecular complexity index is 1180. The van der Waals surface area contributed by atoms with Crippen LogP contribution in [0.15, 0.2) is 78.9 Å². The Morgan fingerprint density at radius 2 is 1.43 bits per heavy atom. The van der Waals surface area contributed by atoms with Crippen LogP contribution >= 0.6 is 0 Å². The van der Waals surface area contributed by atoms with E-state index in [1.807, 2.05) is 0 Å². The summed E-state index contributed by atoms with van der Waals surface area (Å²) in [6, 6.07) is 29.6. The molecule has 0 saturated carbocycles. The summed E-state index contributed by atoms with van der Waals surface area (Å²) in [6.45, 7) is 4.62. The lowest BCUT2D eigenvalue weighted by Gasteiger charge is -2.41. The van der Waals surface area contributed by atoms with Gasteiger partial charge in [-0.3, -0.25) is 0 Å². The third-order valence-corrected chi connectivity index (χ3v) is 6.68. The van der Waals surface area contributed by atoms with Gasteiger partial charge in [0, 0.05) is 23.3 Å². The summed E-state index contributed by atoms with van der Waals surface area (Å²) in [4.78, 5) is 0. The Kier molecular flexibility index (Phi) is 5.08. The summed E-state index contributed by atoms with van der Waals surface area (Å²) in [7, 11) is 0. The molecule has 0 amide bonds. The van der Waals surface area contributed by atoms with Crippen molar-refractivity contribution in [3.8, 4) is 0 Å². The number of rotatable bonds is 5. The summed E-state index contributed by atoms with van der Waals surface area (Å²) in [5.74, 6) is 0.546. The maximum atomic E-state index is 3.94.